The molecule has 0 aliphatic rings. The SMILES string of the molecule is CC=CC(=O)c1cc(C)ccc1C. The molecule has 0 spiro atoms. The first-order valence-corrected chi connectivity index (χ1v) is 4.39. The van der Waals surface area contributed by atoms with Crippen molar-refractivity contribution >= 4 is 5.78 Å². The summed E-state index contributed by atoms with van der Waals surface area (Å²) >= 11 is 0. The molecule has 1 aromatic rings. The second kappa shape index (κ2) is 4.04. The lowest BCUT2D eigenvalue weighted by atomic mass is 10.0. The topological polar surface area (TPSA) is 17.1 Å². The van der Waals surface area contributed by atoms with E-state index in [9.17, 15) is 4.79 Å². The fraction of sp³-hybridized carbons (Fsp3) is 0.250. The minimum absolute atomic E-state index is 0.0868. The minimum atomic E-state index is 0.0868. The molecule has 1 nitrogen and oxygen atoms in total. The minimum Gasteiger partial charge on any atom is -0.289 e. The van der Waals surface area contributed by atoms with Gasteiger partial charge in [0.2, 0.25) is 0 Å². The van der Waals surface area contributed by atoms with Crippen molar-refractivity contribution in [3.05, 3.63) is 47.0 Å². The molecule has 0 N–H and O–H groups in total. The molecule has 0 aliphatic heterocycles. The molecule has 0 fully saturated rings. The van der Waals surface area contributed by atoms with Crippen LogP contribution in [0.1, 0.15) is 28.4 Å². The molecule has 0 heterocycles. The van der Waals surface area contributed by atoms with Gasteiger partial charge in [-0.25, -0.2) is 0 Å². The van der Waals surface area contributed by atoms with Crippen LogP contribution in [0.4, 0.5) is 0 Å². The number of hydrogen-bond donors (Lipinski definition) is 0. The van der Waals surface area contributed by atoms with Crippen LogP contribution >= 0.6 is 0 Å². The van der Waals surface area contributed by atoms with Crippen molar-refractivity contribution in [1.29, 1.82) is 0 Å². The Bertz CT molecular complexity index is 348. The third-order valence-electron chi connectivity index (χ3n) is 1.98. The van der Waals surface area contributed by atoms with E-state index in [2.05, 4.69) is 0 Å². The highest BCUT2D eigenvalue weighted by molar-refractivity contribution is 6.05. The van der Waals surface area contributed by atoms with E-state index in [1.165, 1.54) is 0 Å². The lowest BCUT2D eigenvalue weighted by Gasteiger charge is -2.02. The summed E-state index contributed by atoms with van der Waals surface area (Å²) in [6, 6.07) is 5.92. The summed E-state index contributed by atoms with van der Waals surface area (Å²) in [5.74, 6) is 0.0868. The van der Waals surface area contributed by atoms with Crippen molar-refractivity contribution in [3.63, 3.8) is 0 Å². The molecular weight excluding hydrogens is 160 g/mol. The molecule has 13 heavy (non-hydrogen) atoms. The zero-order chi connectivity index (χ0) is 9.84. The van der Waals surface area contributed by atoms with E-state index in [1.54, 1.807) is 12.2 Å². The maximum absolute atomic E-state index is 11.5. The first kappa shape index (κ1) is 9.72. The molecule has 0 amide bonds. The molecule has 1 heteroatoms. The van der Waals surface area contributed by atoms with E-state index >= 15 is 0 Å². The molecule has 0 radical (unpaired) electrons. The highest BCUT2D eigenvalue weighted by Gasteiger charge is 2.04. The number of allylic oxidation sites excluding steroid dienone is 2. The molecule has 0 saturated carbocycles. The van der Waals surface area contributed by atoms with Crippen LogP contribution in [0.25, 0.3) is 0 Å². The van der Waals surface area contributed by atoms with Gasteiger partial charge in [-0.05, 0) is 38.5 Å². The maximum Gasteiger partial charge on any atom is 0.185 e. The van der Waals surface area contributed by atoms with E-state index in [1.807, 2.05) is 39.0 Å². The molecule has 0 aromatic heterocycles. The number of rotatable bonds is 2. The number of hydrogen-bond acceptors (Lipinski definition) is 1. The van der Waals surface area contributed by atoms with Gasteiger partial charge in [0.25, 0.3) is 0 Å². The van der Waals surface area contributed by atoms with Crippen LogP contribution in [-0.2, 0) is 0 Å². The second-order valence-corrected chi connectivity index (χ2v) is 3.18. The Morgan fingerprint density at radius 1 is 1.31 bits per heavy atom. The van der Waals surface area contributed by atoms with Crippen LogP contribution in [0.3, 0.4) is 0 Å². The van der Waals surface area contributed by atoms with E-state index < -0.39 is 0 Å². The van der Waals surface area contributed by atoms with Crippen molar-refractivity contribution in [2.45, 2.75) is 20.8 Å². The van der Waals surface area contributed by atoms with Crippen molar-refractivity contribution in [2.24, 2.45) is 0 Å². The Hall–Kier alpha value is -1.37. The first-order chi connectivity index (χ1) is 6.15. The molecule has 68 valence electrons. The predicted molar refractivity (Wildman–Crippen MR) is 55.1 cm³/mol. The quantitative estimate of drug-likeness (QED) is 0.497. The van der Waals surface area contributed by atoms with Crippen LogP contribution in [-0.4, -0.2) is 5.78 Å². The second-order valence-electron chi connectivity index (χ2n) is 3.18. The third-order valence-corrected chi connectivity index (χ3v) is 1.98. The van der Waals surface area contributed by atoms with Crippen molar-refractivity contribution in [1.82, 2.24) is 0 Å². The Labute approximate surface area is 79.1 Å². The van der Waals surface area contributed by atoms with Gasteiger partial charge in [0.15, 0.2) is 5.78 Å². The standard InChI is InChI=1S/C12H14O/c1-4-5-12(13)11-8-9(2)6-7-10(11)3/h4-8H,1-3H3. The maximum atomic E-state index is 11.5. The molecule has 0 atom stereocenters. The van der Waals surface area contributed by atoms with Gasteiger partial charge in [-0.3, -0.25) is 4.79 Å². The molecule has 0 aliphatic carbocycles. The van der Waals surface area contributed by atoms with Gasteiger partial charge in [-0.2, -0.15) is 0 Å². The predicted octanol–water partition coefficient (Wildman–Crippen LogP) is 3.06. The van der Waals surface area contributed by atoms with Crippen LogP contribution < -0.4 is 0 Å². The number of benzene rings is 1. The van der Waals surface area contributed by atoms with Crippen molar-refractivity contribution in [2.75, 3.05) is 0 Å². The zero-order valence-electron chi connectivity index (χ0n) is 8.29. The average molecular weight is 174 g/mol. The van der Waals surface area contributed by atoms with Crippen LogP contribution in [0, 0.1) is 13.8 Å². The summed E-state index contributed by atoms with van der Waals surface area (Å²) in [7, 11) is 0. The Morgan fingerprint density at radius 3 is 2.62 bits per heavy atom. The van der Waals surface area contributed by atoms with Crippen LogP contribution in [0.5, 0.6) is 0 Å². The van der Waals surface area contributed by atoms with E-state index in [4.69, 9.17) is 0 Å². The molecule has 0 saturated heterocycles. The summed E-state index contributed by atoms with van der Waals surface area (Å²) < 4.78 is 0. The lowest BCUT2D eigenvalue weighted by Crippen LogP contribution is -1.97. The summed E-state index contributed by atoms with van der Waals surface area (Å²) in [6.45, 7) is 5.80. The van der Waals surface area contributed by atoms with Gasteiger partial charge >= 0.3 is 0 Å². The molecule has 1 rings (SSSR count). The largest absolute Gasteiger partial charge is 0.289 e. The first-order valence-electron chi connectivity index (χ1n) is 4.39. The third kappa shape index (κ3) is 2.28. The highest BCUT2D eigenvalue weighted by Crippen LogP contribution is 2.11. The van der Waals surface area contributed by atoms with Gasteiger partial charge in [0, 0.05) is 5.56 Å². The molecular formula is C12H14O. The fourth-order valence-corrected chi connectivity index (χ4v) is 1.24. The number of ketones is 1. The Kier molecular flexibility index (Phi) is 3.02. The lowest BCUT2D eigenvalue weighted by molar-refractivity contribution is 0.104. The van der Waals surface area contributed by atoms with Gasteiger partial charge in [0.1, 0.15) is 0 Å². The van der Waals surface area contributed by atoms with Crippen molar-refractivity contribution in [3.8, 4) is 0 Å². The van der Waals surface area contributed by atoms with E-state index in [-0.39, 0.29) is 5.78 Å². The smallest absolute Gasteiger partial charge is 0.185 e. The van der Waals surface area contributed by atoms with Gasteiger partial charge in [-0.1, -0.05) is 23.8 Å². The van der Waals surface area contributed by atoms with Gasteiger partial charge in [0.05, 0.1) is 0 Å². The Balaban J connectivity index is 3.13. The number of aryl methyl sites for hydroxylation is 2. The Morgan fingerprint density at radius 2 is 2.00 bits per heavy atom. The summed E-state index contributed by atoms with van der Waals surface area (Å²) in [5, 5.41) is 0. The molecule has 1 aromatic carbocycles. The number of carbonyl (C=O) groups is 1. The highest BCUT2D eigenvalue weighted by atomic mass is 16.1. The monoisotopic (exact) mass is 174 g/mol. The summed E-state index contributed by atoms with van der Waals surface area (Å²) in [5.41, 5.74) is 2.96. The fourth-order valence-electron chi connectivity index (χ4n) is 1.24. The zero-order valence-corrected chi connectivity index (χ0v) is 8.29. The van der Waals surface area contributed by atoms with Gasteiger partial charge < -0.3 is 0 Å². The summed E-state index contributed by atoms with van der Waals surface area (Å²) in [4.78, 5) is 11.5. The van der Waals surface area contributed by atoms with Crippen LogP contribution in [0.15, 0.2) is 30.4 Å². The van der Waals surface area contributed by atoms with Gasteiger partial charge in [-0.15, -0.1) is 0 Å². The number of carbonyl (C=O) groups excluding carboxylic acids is 1. The molecule has 0 bridgehead atoms. The van der Waals surface area contributed by atoms with Crippen LogP contribution in [0.2, 0.25) is 0 Å². The van der Waals surface area contributed by atoms with E-state index in [0.717, 1.165) is 16.7 Å². The van der Waals surface area contributed by atoms with E-state index in [0.29, 0.717) is 0 Å². The normalized spacial score (nSPS) is 10.7. The summed E-state index contributed by atoms with van der Waals surface area (Å²) in [6.07, 6.45) is 3.37. The molecule has 0 unspecified atom stereocenters. The average Bonchev–Trinajstić information content (AvgIpc) is 2.09. The van der Waals surface area contributed by atoms with Crippen molar-refractivity contribution < 1.29 is 4.79 Å².